The summed E-state index contributed by atoms with van der Waals surface area (Å²) in [6, 6.07) is 14.4. The van der Waals surface area contributed by atoms with Gasteiger partial charge in [-0.2, -0.15) is 4.74 Å². The molecule has 0 radical (unpaired) electrons. The van der Waals surface area contributed by atoms with Gasteiger partial charge in [0.2, 0.25) is 0 Å². The van der Waals surface area contributed by atoms with Crippen molar-refractivity contribution in [2.45, 2.75) is 24.9 Å². The number of aromatic nitrogens is 2. The van der Waals surface area contributed by atoms with Crippen molar-refractivity contribution in [3.63, 3.8) is 0 Å². The summed E-state index contributed by atoms with van der Waals surface area (Å²) in [5, 5.41) is 11.6. The lowest BCUT2D eigenvalue weighted by Crippen LogP contribution is -2.42. The summed E-state index contributed by atoms with van der Waals surface area (Å²) in [7, 11) is 0. The third kappa shape index (κ3) is 4.13. The first kappa shape index (κ1) is 20.2. The highest BCUT2D eigenvalue weighted by Crippen LogP contribution is 2.44. The number of nitrogens with zero attached hydrogens (tertiary/aromatic N) is 1. The van der Waals surface area contributed by atoms with Crippen LogP contribution in [-0.4, -0.2) is 39.5 Å². The number of aliphatic carboxylic acids is 1. The van der Waals surface area contributed by atoms with Crippen molar-refractivity contribution < 1.29 is 24.0 Å². The first-order valence-electron chi connectivity index (χ1n) is 9.59. The largest absolute Gasteiger partial charge is 0.480 e. The van der Waals surface area contributed by atoms with Gasteiger partial charge in [0.05, 0.1) is 6.54 Å². The van der Waals surface area contributed by atoms with E-state index in [0.29, 0.717) is 4.74 Å². The Hall–Kier alpha value is -4.08. The van der Waals surface area contributed by atoms with E-state index < -0.39 is 29.6 Å². The van der Waals surface area contributed by atoms with E-state index in [1.807, 2.05) is 53.5 Å². The van der Waals surface area contributed by atoms with E-state index in [4.69, 9.17) is 4.74 Å². The number of ether oxygens (including phenoxy) is 1. The Kier molecular flexibility index (Phi) is 5.44. The zero-order valence-corrected chi connectivity index (χ0v) is 16.2. The summed E-state index contributed by atoms with van der Waals surface area (Å²) < 4.78 is 10.6. The van der Waals surface area contributed by atoms with Crippen molar-refractivity contribution in [1.29, 1.82) is 0 Å². The molecule has 3 N–H and O–H groups in total. The fourth-order valence-electron chi connectivity index (χ4n) is 3.75. The number of aryl methyl sites for hydroxylation is 1. The van der Waals surface area contributed by atoms with Crippen molar-refractivity contribution in [2.75, 3.05) is 6.61 Å². The van der Waals surface area contributed by atoms with Crippen LogP contribution in [0.25, 0.3) is 11.1 Å². The number of nitrogens with one attached hydrogen (secondary N) is 2. The molecule has 1 heterocycles. The van der Waals surface area contributed by atoms with E-state index >= 15 is 0 Å². The van der Waals surface area contributed by atoms with Crippen molar-refractivity contribution >= 4 is 12.1 Å². The lowest BCUT2D eigenvalue weighted by atomic mass is 9.98. The first-order chi connectivity index (χ1) is 14.9. The van der Waals surface area contributed by atoms with Gasteiger partial charge < -0.3 is 19.7 Å². The van der Waals surface area contributed by atoms with Crippen LogP contribution in [0.1, 0.15) is 23.5 Å². The number of carboxylic acids is 1. The Morgan fingerprint density at radius 3 is 2.26 bits per heavy atom. The molecule has 0 aliphatic heterocycles. The number of rotatable bonds is 7. The average Bonchev–Trinajstić information content (AvgIpc) is 3.25. The number of carbonyl (C=O) groups excluding carboxylic acids is 1. The van der Waals surface area contributed by atoms with Gasteiger partial charge in [-0.05, 0) is 28.7 Å². The third-order valence-corrected chi connectivity index (χ3v) is 5.18. The summed E-state index contributed by atoms with van der Waals surface area (Å²) in [5.41, 5.74) is 3.43. The van der Waals surface area contributed by atoms with Gasteiger partial charge in [-0.15, -0.1) is 0 Å². The summed E-state index contributed by atoms with van der Waals surface area (Å²) in [4.78, 5) is 48.1. The number of carboxylic acid groups (broad SMARTS) is 1. The van der Waals surface area contributed by atoms with Crippen molar-refractivity contribution in [2.24, 2.45) is 0 Å². The van der Waals surface area contributed by atoms with Crippen LogP contribution >= 0.6 is 0 Å². The van der Waals surface area contributed by atoms with Gasteiger partial charge in [0.1, 0.15) is 12.6 Å². The van der Waals surface area contributed by atoms with E-state index in [-0.39, 0.29) is 25.5 Å². The molecule has 0 unspecified atom stereocenters. The number of hydrogen-bond donors (Lipinski definition) is 3. The molecular weight excluding hydrogens is 406 g/mol. The summed E-state index contributed by atoms with van der Waals surface area (Å²) >= 11 is 0. The van der Waals surface area contributed by atoms with Gasteiger partial charge in [-0.3, -0.25) is 0 Å². The van der Waals surface area contributed by atoms with Crippen LogP contribution < -0.4 is 16.8 Å². The molecule has 0 bridgehead atoms. The van der Waals surface area contributed by atoms with Gasteiger partial charge in [0, 0.05) is 5.92 Å². The second-order valence-electron chi connectivity index (χ2n) is 7.06. The maximum Gasteiger partial charge on any atom is 0.440 e. The first-order valence-corrected chi connectivity index (χ1v) is 9.59. The Labute approximate surface area is 175 Å². The topological polar surface area (TPSA) is 144 Å². The highest BCUT2D eigenvalue weighted by atomic mass is 16.6. The van der Waals surface area contributed by atoms with E-state index in [1.54, 1.807) is 0 Å². The zero-order valence-electron chi connectivity index (χ0n) is 16.2. The van der Waals surface area contributed by atoms with Crippen LogP contribution in [0, 0.1) is 0 Å². The molecule has 0 saturated carbocycles. The van der Waals surface area contributed by atoms with E-state index in [9.17, 15) is 24.3 Å². The maximum atomic E-state index is 12.3. The molecule has 31 heavy (non-hydrogen) atoms. The lowest BCUT2D eigenvalue weighted by Gasteiger charge is -2.17. The molecule has 1 aromatic heterocycles. The lowest BCUT2D eigenvalue weighted by molar-refractivity contribution is -0.139. The van der Waals surface area contributed by atoms with Crippen LogP contribution in [0.4, 0.5) is 4.79 Å². The molecule has 160 valence electrons. The number of alkyl carbamates (subject to hydrolysis) is 1. The Bertz CT molecular complexity index is 1190. The highest BCUT2D eigenvalue weighted by Gasteiger charge is 2.29. The Morgan fingerprint density at radius 1 is 1.10 bits per heavy atom. The normalized spacial score (nSPS) is 13.3. The molecular formula is C21H19N3O7. The molecule has 1 amide bonds. The standard InChI is InChI=1S/C21H19N3O7/c25-18(26)17(9-10-24-19(27)23-21(29)31-24)22-20(28)30-11-16-14-7-3-1-5-12(14)13-6-2-4-8-15(13)16/h1-8,16-17H,9-11H2,(H,22,28)(H,25,26)(H,23,27,29)/t17-/m0/s1. The van der Waals surface area contributed by atoms with Crippen LogP contribution in [0.5, 0.6) is 0 Å². The second kappa shape index (κ2) is 8.34. The van der Waals surface area contributed by atoms with Crippen LogP contribution in [-0.2, 0) is 16.1 Å². The molecule has 0 saturated heterocycles. The second-order valence-corrected chi connectivity index (χ2v) is 7.06. The molecule has 10 heteroatoms. The number of amides is 1. The van der Waals surface area contributed by atoms with Gasteiger partial charge in [0.15, 0.2) is 0 Å². The number of aromatic amines is 1. The number of benzene rings is 2. The molecule has 0 fully saturated rings. The fraction of sp³-hybridized carbons (Fsp3) is 0.238. The van der Waals surface area contributed by atoms with Crippen molar-refractivity contribution in [1.82, 2.24) is 15.0 Å². The molecule has 3 aromatic rings. The van der Waals surface area contributed by atoms with Crippen LogP contribution in [0.2, 0.25) is 0 Å². The summed E-state index contributed by atoms with van der Waals surface area (Å²) in [6.45, 7) is -0.170. The molecule has 1 atom stereocenters. The molecule has 4 rings (SSSR count). The van der Waals surface area contributed by atoms with E-state index in [1.165, 1.54) is 0 Å². The molecule has 1 aliphatic carbocycles. The van der Waals surface area contributed by atoms with Gasteiger partial charge in [-0.25, -0.2) is 24.2 Å². The maximum absolute atomic E-state index is 12.3. The van der Waals surface area contributed by atoms with Gasteiger partial charge in [-0.1, -0.05) is 48.5 Å². The molecule has 10 nitrogen and oxygen atoms in total. The van der Waals surface area contributed by atoms with E-state index in [2.05, 4.69) is 9.84 Å². The average molecular weight is 425 g/mol. The number of H-pyrrole nitrogens is 1. The minimum absolute atomic E-state index is 0.0400. The summed E-state index contributed by atoms with van der Waals surface area (Å²) in [5.74, 6) is -2.41. The van der Waals surface area contributed by atoms with Gasteiger partial charge in [0.25, 0.3) is 0 Å². The highest BCUT2D eigenvalue weighted by molar-refractivity contribution is 5.81. The SMILES string of the molecule is O=C(N[C@@H](CCn1oc(=O)[nH]c1=O)C(=O)O)OCC1c2ccccc2-c2ccccc21. The fourth-order valence-corrected chi connectivity index (χ4v) is 3.75. The minimum atomic E-state index is -1.33. The zero-order chi connectivity index (χ0) is 22.0. The Balaban J connectivity index is 1.40. The molecule has 2 aromatic carbocycles. The molecule has 1 aliphatic rings. The number of carbonyl (C=O) groups is 2. The number of hydrogen-bond acceptors (Lipinski definition) is 6. The Morgan fingerprint density at radius 2 is 1.71 bits per heavy atom. The predicted octanol–water partition coefficient (Wildman–Crippen LogP) is 1.51. The quantitative estimate of drug-likeness (QED) is 0.520. The van der Waals surface area contributed by atoms with Crippen LogP contribution in [0.15, 0.2) is 62.6 Å². The van der Waals surface area contributed by atoms with Crippen LogP contribution in [0.3, 0.4) is 0 Å². The molecule has 0 spiro atoms. The van der Waals surface area contributed by atoms with Crippen molar-refractivity contribution in [3.8, 4) is 11.1 Å². The smallest absolute Gasteiger partial charge is 0.440 e. The monoisotopic (exact) mass is 425 g/mol. The minimum Gasteiger partial charge on any atom is -0.480 e. The van der Waals surface area contributed by atoms with E-state index in [0.717, 1.165) is 22.3 Å². The van der Waals surface area contributed by atoms with Crippen molar-refractivity contribution in [3.05, 3.63) is 80.7 Å². The van der Waals surface area contributed by atoms with Gasteiger partial charge >= 0.3 is 23.5 Å². The summed E-state index contributed by atoms with van der Waals surface area (Å²) in [6.07, 6.45) is -1.07. The third-order valence-electron chi connectivity index (χ3n) is 5.18. The number of fused-ring (bicyclic) bond motifs is 3. The predicted molar refractivity (Wildman–Crippen MR) is 108 cm³/mol.